The number of fused-ring (bicyclic) bond motifs is 5. The molecule has 2 aliphatic carbocycles. The fourth-order valence-corrected chi connectivity index (χ4v) is 4.30. The van der Waals surface area contributed by atoms with Crippen molar-refractivity contribution in [1.82, 2.24) is 0 Å². The third kappa shape index (κ3) is 0.642. The Bertz CT molecular complexity index is 214. The van der Waals surface area contributed by atoms with E-state index in [4.69, 9.17) is 4.74 Å². The number of hydrogen-bond acceptors (Lipinski definition) is 2. The van der Waals surface area contributed by atoms with E-state index in [2.05, 4.69) is 11.8 Å². The maximum absolute atomic E-state index is 5.64. The number of thioether (sulfide) groups is 1. The number of epoxide rings is 1. The molecule has 0 N–H and O–H groups in total. The first-order valence-electron chi connectivity index (χ1n) is 4.70. The molecule has 60 valence electrons. The summed E-state index contributed by atoms with van der Waals surface area (Å²) in [5, 5.41) is 1.05. The lowest BCUT2D eigenvalue weighted by atomic mass is 9.87. The Morgan fingerprint density at radius 3 is 2.55 bits per heavy atom. The molecule has 6 unspecified atom stereocenters. The molecule has 4 fully saturated rings. The number of ether oxygens (including phenoxy) is 1. The smallest absolute Gasteiger partial charge is 0.0876 e. The Balaban J connectivity index is 1.66. The highest BCUT2D eigenvalue weighted by atomic mass is 32.2. The second-order valence-corrected chi connectivity index (χ2v) is 5.77. The van der Waals surface area contributed by atoms with Crippen molar-refractivity contribution in [1.29, 1.82) is 0 Å². The van der Waals surface area contributed by atoms with Crippen LogP contribution in [0.1, 0.15) is 12.8 Å². The van der Waals surface area contributed by atoms with Gasteiger partial charge in [-0.25, -0.2) is 0 Å². The topological polar surface area (TPSA) is 12.5 Å². The Morgan fingerprint density at radius 1 is 1.09 bits per heavy atom. The van der Waals surface area contributed by atoms with Crippen LogP contribution < -0.4 is 0 Å². The van der Waals surface area contributed by atoms with Gasteiger partial charge in [0, 0.05) is 11.0 Å². The van der Waals surface area contributed by atoms with Crippen LogP contribution in [0.3, 0.4) is 0 Å². The zero-order valence-corrected chi connectivity index (χ0v) is 7.22. The molecule has 0 aromatic carbocycles. The Hall–Kier alpha value is 0.310. The minimum atomic E-state index is 0.736. The van der Waals surface area contributed by atoms with Crippen molar-refractivity contribution < 1.29 is 4.74 Å². The summed E-state index contributed by atoms with van der Waals surface area (Å²) in [5.41, 5.74) is 0. The Kier molecular flexibility index (Phi) is 0.878. The molecule has 2 heteroatoms. The van der Waals surface area contributed by atoms with Gasteiger partial charge in [-0.15, -0.1) is 0 Å². The quantitative estimate of drug-likeness (QED) is 0.550. The van der Waals surface area contributed by atoms with Crippen molar-refractivity contribution in [2.45, 2.75) is 30.3 Å². The highest BCUT2D eigenvalue weighted by Gasteiger charge is 2.65. The molecule has 0 aromatic heterocycles. The van der Waals surface area contributed by atoms with E-state index >= 15 is 0 Å². The maximum Gasteiger partial charge on any atom is 0.0876 e. The van der Waals surface area contributed by atoms with E-state index in [1.165, 1.54) is 18.6 Å². The van der Waals surface area contributed by atoms with Gasteiger partial charge in [0.1, 0.15) is 0 Å². The van der Waals surface area contributed by atoms with Crippen LogP contribution in [0.2, 0.25) is 0 Å². The lowest BCUT2D eigenvalue weighted by molar-refractivity contribution is 0.252. The van der Waals surface area contributed by atoms with Gasteiger partial charge in [-0.3, -0.25) is 0 Å². The molecule has 0 spiro atoms. The Morgan fingerprint density at radius 2 is 1.91 bits per heavy atom. The van der Waals surface area contributed by atoms with Gasteiger partial charge < -0.3 is 4.74 Å². The zero-order valence-electron chi connectivity index (χ0n) is 6.40. The van der Waals surface area contributed by atoms with Crippen LogP contribution in [0, 0.1) is 17.8 Å². The Labute approximate surface area is 70.9 Å². The van der Waals surface area contributed by atoms with Crippen molar-refractivity contribution in [2.75, 3.05) is 5.75 Å². The molecular weight excluding hydrogens is 156 g/mol. The van der Waals surface area contributed by atoms with Gasteiger partial charge in [0.05, 0.1) is 12.2 Å². The fraction of sp³-hybridized carbons (Fsp3) is 1.00. The molecule has 6 atom stereocenters. The molecule has 1 nitrogen and oxygen atoms in total. The third-order valence-electron chi connectivity index (χ3n) is 3.98. The van der Waals surface area contributed by atoms with E-state index in [1.807, 2.05) is 0 Å². The van der Waals surface area contributed by atoms with Gasteiger partial charge in [0.25, 0.3) is 0 Å². The second-order valence-electron chi connectivity index (χ2n) is 4.50. The molecule has 4 rings (SSSR count). The van der Waals surface area contributed by atoms with E-state index in [0.29, 0.717) is 0 Å². The minimum Gasteiger partial charge on any atom is -0.369 e. The molecule has 2 saturated carbocycles. The van der Waals surface area contributed by atoms with Crippen LogP contribution in [0.4, 0.5) is 0 Å². The molecule has 11 heavy (non-hydrogen) atoms. The van der Waals surface area contributed by atoms with Crippen molar-refractivity contribution >= 4 is 11.8 Å². The number of hydrogen-bond donors (Lipinski definition) is 0. The second kappa shape index (κ2) is 1.64. The van der Waals surface area contributed by atoms with Crippen LogP contribution >= 0.6 is 11.8 Å². The molecule has 2 heterocycles. The lowest BCUT2D eigenvalue weighted by Crippen LogP contribution is -2.21. The van der Waals surface area contributed by atoms with E-state index in [1.54, 1.807) is 0 Å². The number of rotatable bonds is 1. The van der Waals surface area contributed by atoms with Crippen molar-refractivity contribution in [3.63, 3.8) is 0 Å². The summed E-state index contributed by atoms with van der Waals surface area (Å²) in [6.07, 6.45) is 4.49. The van der Waals surface area contributed by atoms with Crippen LogP contribution in [0.15, 0.2) is 0 Å². The first-order valence-corrected chi connectivity index (χ1v) is 5.75. The average Bonchev–Trinajstić information content (AvgIpc) is 2.91. The average molecular weight is 168 g/mol. The lowest BCUT2D eigenvalue weighted by Gasteiger charge is -2.16. The first-order chi connectivity index (χ1) is 5.43. The van der Waals surface area contributed by atoms with E-state index < -0.39 is 0 Å². The van der Waals surface area contributed by atoms with Gasteiger partial charge in [0.2, 0.25) is 0 Å². The largest absolute Gasteiger partial charge is 0.369 e. The van der Waals surface area contributed by atoms with Gasteiger partial charge >= 0.3 is 0 Å². The summed E-state index contributed by atoms with van der Waals surface area (Å²) in [7, 11) is 0. The summed E-state index contributed by atoms with van der Waals surface area (Å²) in [5.74, 6) is 4.49. The maximum atomic E-state index is 5.64. The van der Waals surface area contributed by atoms with Crippen LogP contribution in [-0.4, -0.2) is 23.2 Å². The summed E-state index contributed by atoms with van der Waals surface area (Å²) >= 11 is 2.17. The third-order valence-corrected chi connectivity index (χ3v) is 5.05. The molecule has 4 aliphatic rings. The molecule has 0 radical (unpaired) electrons. The molecule has 0 aromatic rings. The van der Waals surface area contributed by atoms with Gasteiger partial charge in [-0.2, -0.15) is 11.8 Å². The van der Waals surface area contributed by atoms with Crippen molar-refractivity contribution in [2.24, 2.45) is 17.8 Å². The van der Waals surface area contributed by atoms with Crippen molar-refractivity contribution in [3.8, 4) is 0 Å². The van der Waals surface area contributed by atoms with Gasteiger partial charge in [-0.1, -0.05) is 0 Å². The monoisotopic (exact) mass is 168 g/mol. The summed E-state index contributed by atoms with van der Waals surface area (Å²) < 4.78 is 5.64. The van der Waals surface area contributed by atoms with Crippen LogP contribution in [-0.2, 0) is 4.74 Å². The normalized spacial score (nSPS) is 69.8. The highest BCUT2D eigenvalue weighted by Crippen LogP contribution is 2.62. The molecule has 2 aliphatic heterocycles. The predicted octanol–water partition coefficient (Wildman–Crippen LogP) is 1.53. The zero-order chi connectivity index (χ0) is 7.00. The van der Waals surface area contributed by atoms with Gasteiger partial charge in [-0.05, 0) is 30.6 Å². The molecule has 2 saturated heterocycles. The van der Waals surface area contributed by atoms with Gasteiger partial charge in [0.15, 0.2) is 0 Å². The van der Waals surface area contributed by atoms with Crippen LogP contribution in [0.5, 0.6) is 0 Å². The fourth-order valence-electron chi connectivity index (χ4n) is 3.38. The first kappa shape index (κ1) is 5.87. The molecule has 0 amide bonds. The molecule has 2 bridgehead atoms. The summed E-state index contributed by atoms with van der Waals surface area (Å²) in [6.45, 7) is 0. The van der Waals surface area contributed by atoms with Crippen molar-refractivity contribution in [3.05, 3.63) is 0 Å². The van der Waals surface area contributed by atoms with E-state index in [0.717, 1.165) is 35.2 Å². The predicted molar refractivity (Wildman–Crippen MR) is 44.6 cm³/mol. The molecular formula is C9H12OS. The van der Waals surface area contributed by atoms with E-state index in [9.17, 15) is 0 Å². The highest BCUT2D eigenvalue weighted by molar-refractivity contribution is 8.06. The summed E-state index contributed by atoms with van der Waals surface area (Å²) in [4.78, 5) is 0. The SMILES string of the molecule is C1SC1C1CC2CC1C1OC21. The minimum absolute atomic E-state index is 0.736. The van der Waals surface area contributed by atoms with Crippen LogP contribution in [0.25, 0.3) is 0 Å². The summed E-state index contributed by atoms with van der Waals surface area (Å²) in [6, 6.07) is 0. The van der Waals surface area contributed by atoms with E-state index in [-0.39, 0.29) is 0 Å². The standard InChI is InChI=1S/C9H12OS/c1-4-2-6(9-8(4)10-9)5(1)7-3-11-7/h4-9H,1-3H2.